The van der Waals surface area contributed by atoms with Gasteiger partial charge in [0.05, 0.1) is 11.8 Å². The van der Waals surface area contributed by atoms with Crippen LogP contribution in [0.4, 0.5) is 5.82 Å². The van der Waals surface area contributed by atoms with Crippen LogP contribution in [-0.2, 0) is 14.6 Å². The number of hydrogen-bond acceptors (Lipinski definition) is 6. The van der Waals surface area contributed by atoms with Crippen LogP contribution in [0.2, 0.25) is 0 Å². The average Bonchev–Trinajstić information content (AvgIpc) is 2.88. The monoisotopic (exact) mass is 354 g/mol. The van der Waals surface area contributed by atoms with Crippen molar-refractivity contribution < 1.29 is 13.2 Å². The van der Waals surface area contributed by atoms with Gasteiger partial charge >= 0.3 is 0 Å². The lowest BCUT2D eigenvalue weighted by molar-refractivity contribution is -0.121. The molecule has 0 radical (unpaired) electrons. The first kappa shape index (κ1) is 18.6. The Morgan fingerprint density at radius 1 is 1.42 bits per heavy atom. The van der Waals surface area contributed by atoms with Gasteiger partial charge in [-0.25, -0.2) is 18.4 Å². The predicted octanol–water partition coefficient (Wildman–Crippen LogP) is 0.941. The molecule has 2 heterocycles. The Bertz CT molecular complexity index is 678. The van der Waals surface area contributed by atoms with Crippen LogP contribution in [0, 0.1) is 12.8 Å². The number of carbonyl (C=O) groups excluding carboxylic acids is 1. The highest BCUT2D eigenvalue weighted by atomic mass is 32.2. The fraction of sp³-hybridized carbons (Fsp3) is 0.688. The second-order valence-electron chi connectivity index (χ2n) is 6.47. The summed E-state index contributed by atoms with van der Waals surface area (Å²) < 4.78 is 22.4. The van der Waals surface area contributed by atoms with E-state index in [0.717, 1.165) is 37.3 Å². The fourth-order valence-electron chi connectivity index (χ4n) is 3.06. The Labute approximate surface area is 143 Å². The number of aryl methyl sites for hydroxylation is 1. The van der Waals surface area contributed by atoms with E-state index in [4.69, 9.17) is 0 Å². The summed E-state index contributed by atoms with van der Waals surface area (Å²) in [6.07, 6.45) is 4.95. The number of rotatable bonds is 7. The van der Waals surface area contributed by atoms with Gasteiger partial charge in [0.15, 0.2) is 0 Å². The number of aromatic nitrogens is 2. The molecule has 24 heavy (non-hydrogen) atoms. The van der Waals surface area contributed by atoms with Gasteiger partial charge < -0.3 is 10.2 Å². The summed E-state index contributed by atoms with van der Waals surface area (Å²) >= 11 is 0. The minimum Gasteiger partial charge on any atom is -0.354 e. The molecule has 0 aromatic carbocycles. The zero-order valence-corrected chi connectivity index (χ0v) is 15.3. The van der Waals surface area contributed by atoms with Gasteiger partial charge in [0.25, 0.3) is 0 Å². The van der Waals surface area contributed by atoms with Gasteiger partial charge in [-0.2, -0.15) is 0 Å². The molecule has 1 saturated heterocycles. The number of anilines is 1. The molecule has 0 spiro atoms. The van der Waals surface area contributed by atoms with Gasteiger partial charge in [0.1, 0.15) is 21.5 Å². The van der Waals surface area contributed by atoms with Crippen molar-refractivity contribution in [3.8, 4) is 0 Å². The number of carbonyl (C=O) groups is 1. The van der Waals surface area contributed by atoms with E-state index in [1.807, 2.05) is 13.0 Å². The second-order valence-corrected chi connectivity index (χ2v) is 8.73. The van der Waals surface area contributed by atoms with E-state index >= 15 is 0 Å². The van der Waals surface area contributed by atoms with E-state index in [-0.39, 0.29) is 24.1 Å². The largest absolute Gasteiger partial charge is 0.354 e. The molecule has 0 aliphatic carbocycles. The first-order chi connectivity index (χ1) is 11.3. The minimum atomic E-state index is -3.12. The first-order valence-electron chi connectivity index (χ1n) is 8.30. The number of nitrogens with one attached hydrogen (secondary N) is 1. The topological polar surface area (TPSA) is 92.3 Å². The predicted molar refractivity (Wildman–Crippen MR) is 93.6 cm³/mol. The molecule has 1 amide bonds. The number of nitrogens with zero attached hydrogens (tertiary/aromatic N) is 3. The fourth-order valence-corrected chi connectivity index (χ4v) is 3.62. The zero-order valence-electron chi connectivity index (χ0n) is 14.5. The van der Waals surface area contributed by atoms with E-state index in [0.29, 0.717) is 12.5 Å². The summed E-state index contributed by atoms with van der Waals surface area (Å²) in [5.41, 5.74) is 0. The highest BCUT2D eigenvalue weighted by molar-refractivity contribution is 7.90. The molecule has 1 aliphatic rings. The van der Waals surface area contributed by atoms with Gasteiger partial charge in [0.2, 0.25) is 5.91 Å². The third kappa shape index (κ3) is 5.43. The molecule has 8 heteroatoms. The molecule has 0 saturated carbocycles. The summed E-state index contributed by atoms with van der Waals surface area (Å²) in [4.78, 5) is 22.8. The molecular formula is C16H26N4O3S. The lowest BCUT2D eigenvalue weighted by Gasteiger charge is -2.19. The van der Waals surface area contributed by atoms with Crippen LogP contribution in [0.3, 0.4) is 0 Å². The van der Waals surface area contributed by atoms with Gasteiger partial charge in [-0.3, -0.25) is 4.79 Å². The van der Waals surface area contributed by atoms with Crippen LogP contribution < -0.4 is 10.2 Å². The smallest absolute Gasteiger partial charge is 0.221 e. The van der Waals surface area contributed by atoms with Crippen LogP contribution >= 0.6 is 0 Å². The van der Waals surface area contributed by atoms with Crippen molar-refractivity contribution in [3.63, 3.8) is 0 Å². The number of amides is 1. The molecule has 1 aromatic rings. The van der Waals surface area contributed by atoms with Crippen LogP contribution in [0.5, 0.6) is 0 Å². The Balaban J connectivity index is 2.01. The lowest BCUT2D eigenvalue weighted by Crippen LogP contribution is -2.41. The quantitative estimate of drug-likeness (QED) is 0.783. The van der Waals surface area contributed by atoms with Crippen molar-refractivity contribution in [2.45, 2.75) is 39.2 Å². The van der Waals surface area contributed by atoms with E-state index in [9.17, 15) is 13.2 Å². The molecule has 2 rings (SSSR count). The Morgan fingerprint density at radius 3 is 2.79 bits per heavy atom. The number of hydrogen-bond donors (Lipinski definition) is 1. The first-order valence-corrected chi connectivity index (χ1v) is 10.4. The molecule has 134 valence electrons. The summed E-state index contributed by atoms with van der Waals surface area (Å²) in [6, 6.07) is 1.90. The second kappa shape index (κ2) is 7.92. The van der Waals surface area contributed by atoms with Gasteiger partial charge in [-0.15, -0.1) is 0 Å². The molecule has 1 aromatic heterocycles. The van der Waals surface area contributed by atoms with Gasteiger partial charge in [-0.05, 0) is 25.3 Å². The molecular weight excluding hydrogens is 328 g/mol. The Morgan fingerprint density at radius 2 is 2.17 bits per heavy atom. The van der Waals surface area contributed by atoms with Gasteiger partial charge in [-0.1, -0.05) is 13.3 Å². The maximum Gasteiger partial charge on any atom is 0.221 e. The van der Waals surface area contributed by atoms with Crippen LogP contribution in [0.15, 0.2) is 12.3 Å². The molecule has 1 fully saturated rings. The molecule has 1 aliphatic heterocycles. The summed E-state index contributed by atoms with van der Waals surface area (Å²) in [7, 11) is -3.12. The van der Waals surface area contributed by atoms with Crippen molar-refractivity contribution in [3.05, 3.63) is 18.1 Å². The summed E-state index contributed by atoms with van der Waals surface area (Å²) in [6.45, 7) is 5.50. The lowest BCUT2D eigenvalue weighted by atomic mass is 9.98. The molecule has 7 nitrogen and oxygen atoms in total. The SMILES string of the molecule is CCC[C@@H]1CN(c2ccnc(C)n2)C[C@H]1NC(=O)CCS(C)(=O)=O. The maximum atomic E-state index is 12.1. The zero-order chi connectivity index (χ0) is 17.7. The van der Waals surface area contributed by atoms with Crippen molar-refractivity contribution in [1.29, 1.82) is 0 Å². The highest BCUT2D eigenvalue weighted by Gasteiger charge is 2.33. The van der Waals surface area contributed by atoms with Gasteiger partial charge in [0, 0.05) is 32.0 Å². The van der Waals surface area contributed by atoms with E-state index in [2.05, 4.69) is 27.1 Å². The normalized spacial score (nSPS) is 21.0. The average molecular weight is 354 g/mol. The number of sulfone groups is 1. The molecule has 1 N–H and O–H groups in total. The van der Waals surface area contributed by atoms with Crippen LogP contribution in [-0.4, -0.2) is 55.4 Å². The molecule has 2 atom stereocenters. The van der Waals surface area contributed by atoms with Crippen molar-refractivity contribution in [2.75, 3.05) is 30.0 Å². The standard InChI is InChI=1S/C16H26N4O3S/c1-4-5-13-10-20(15-6-8-17-12(2)18-15)11-14(13)19-16(21)7-9-24(3,22)23/h6,8,13-14H,4-5,7,9-11H2,1-3H3,(H,19,21)/t13-,14-/m1/s1. The van der Waals surface area contributed by atoms with E-state index < -0.39 is 9.84 Å². The molecule has 0 bridgehead atoms. The highest BCUT2D eigenvalue weighted by Crippen LogP contribution is 2.25. The summed E-state index contributed by atoms with van der Waals surface area (Å²) in [5, 5.41) is 3.01. The van der Waals surface area contributed by atoms with Crippen molar-refractivity contribution in [1.82, 2.24) is 15.3 Å². The van der Waals surface area contributed by atoms with Crippen molar-refractivity contribution >= 4 is 21.6 Å². The van der Waals surface area contributed by atoms with E-state index in [1.165, 1.54) is 0 Å². The Hall–Kier alpha value is -1.70. The molecule has 0 unspecified atom stereocenters. The van der Waals surface area contributed by atoms with Crippen LogP contribution in [0.25, 0.3) is 0 Å². The third-order valence-electron chi connectivity index (χ3n) is 4.23. The summed E-state index contributed by atoms with van der Waals surface area (Å²) in [5.74, 6) is 1.62. The van der Waals surface area contributed by atoms with E-state index in [1.54, 1.807) is 6.20 Å². The maximum absolute atomic E-state index is 12.1. The van der Waals surface area contributed by atoms with Crippen LogP contribution in [0.1, 0.15) is 32.0 Å². The third-order valence-corrected chi connectivity index (χ3v) is 5.18. The Kier molecular flexibility index (Phi) is 6.15. The van der Waals surface area contributed by atoms with Crippen molar-refractivity contribution in [2.24, 2.45) is 5.92 Å². The minimum absolute atomic E-state index is 0.0147.